The van der Waals surface area contributed by atoms with Crippen LogP contribution in [0.25, 0.3) is 0 Å². The van der Waals surface area contributed by atoms with Crippen LogP contribution in [0.4, 0.5) is 0 Å². The van der Waals surface area contributed by atoms with Crippen molar-refractivity contribution in [2.45, 2.75) is 46.1 Å². The summed E-state index contributed by atoms with van der Waals surface area (Å²) in [5.41, 5.74) is 0.0561. The molecule has 2 atom stereocenters. The lowest BCUT2D eigenvalue weighted by Crippen LogP contribution is -2.39. The van der Waals surface area contributed by atoms with Crippen LogP contribution < -0.4 is 0 Å². The molecule has 0 aromatic rings. The number of isocyanates is 2. The Kier molecular flexibility index (Phi) is 5.43. The van der Waals surface area contributed by atoms with Gasteiger partial charge in [0.15, 0.2) is 0 Å². The second-order valence-electron chi connectivity index (χ2n) is 5.84. The summed E-state index contributed by atoms with van der Waals surface area (Å²) in [6.07, 6.45) is 5.88. The summed E-state index contributed by atoms with van der Waals surface area (Å²) in [6.45, 7) is 6.86. The number of rotatable bonds is 3. The third-order valence-electron chi connectivity index (χ3n) is 3.18. The molecular weight excluding hydrogens is 220 g/mol. The Morgan fingerprint density at radius 1 is 1.18 bits per heavy atom. The van der Waals surface area contributed by atoms with Crippen LogP contribution in [-0.4, -0.2) is 30.2 Å². The van der Waals surface area contributed by atoms with Crippen LogP contribution in [0.5, 0.6) is 0 Å². The second-order valence-corrected chi connectivity index (χ2v) is 5.84. The summed E-state index contributed by atoms with van der Waals surface area (Å²) in [4.78, 5) is 28.0. The number of hydrogen-bond donors (Lipinski definition) is 1. The number of carbonyl (C=O) groups excluding carboxylic acids is 2. The van der Waals surface area contributed by atoms with Gasteiger partial charge in [0.2, 0.25) is 12.2 Å². The molecule has 0 saturated heterocycles. The summed E-state index contributed by atoms with van der Waals surface area (Å²) in [6, 6.07) is 0.00750. The smallest absolute Gasteiger partial charge is 0.235 e. The van der Waals surface area contributed by atoms with E-state index < -0.39 is 0 Å². The zero-order valence-corrected chi connectivity index (χ0v) is 10.6. The molecule has 95 valence electrons. The first-order valence-electron chi connectivity index (χ1n) is 5.51. The van der Waals surface area contributed by atoms with Gasteiger partial charge in [0.05, 0.1) is 12.6 Å². The lowest BCUT2D eigenvalue weighted by Gasteiger charge is -2.44. The monoisotopic (exact) mass is 239 g/mol. The van der Waals surface area contributed by atoms with Gasteiger partial charge in [-0.05, 0) is 30.1 Å². The predicted octanol–water partition coefficient (Wildman–Crippen LogP) is 2.07. The predicted molar refractivity (Wildman–Crippen MR) is 62.6 cm³/mol. The van der Waals surface area contributed by atoms with Crippen molar-refractivity contribution < 1.29 is 15.1 Å². The Bertz CT molecular complexity index is 355. The Hall–Kier alpha value is -1.28. The summed E-state index contributed by atoms with van der Waals surface area (Å²) in [5.74, 6) is 0. The van der Waals surface area contributed by atoms with E-state index >= 15 is 0 Å². The molecule has 1 rings (SSSR count). The first kappa shape index (κ1) is 15.7. The Morgan fingerprint density at radius 2 is 1.82 bits per heavy atom. The van der Waals surface area contributed by atoms with Gasteiger partial charge in [0.1, 0.15) is 0 Å². The third kappa shape index (κ3) is 4.61. The minimum atomic E-state index is -0.0653. The lowest BCUT2D eigenvalue weighted by molar-refractivity contribution is 0.0915. The fraction of sp³-hybridized carbons (Fsp3) is 0.833. The minimum absolute atomic E-state index is 0. The van der Waals surface area contributed by atoms with Crippen LogP contribution in [0, 0.1) is 10.8 Å². The molecule has 0 aromatic carbocycles. The molecule has 1 fully saturated rings. The molecular formula is C12H19N2O3. The topological polar surface area (TPSA) is 88.9 Å². The van der Waals surface area contributed by atoms with Gasteiger partial charge >= 0.3 is 0 Å². The first-order valence-corrected chi connectivity index (χ1v) is 5.51. The highest BCUT2D eigenvalue weighted by molar-refractivity contribution is 5.34. The number of aliphatic imine (C=N–C) groups is 2. The first-order chi connectivity index (χ1) is 7.41. The minimum Gasteiger partial charge on any atom is -0.255 e. The van der Waals surface area contributed by atoms with E-state index in [0.717, 1.165) is 19.3 Å². The Labute approximate surface area is 101 Å². The maximum Gasteiger partial charge on any atom is 0.235 e. The molecule has 0 heterocycles. The van der Waals surface area contributed by atoms with Gasteiger partial charge in [-0.2, -0.15) is 0 Å². The molecule has 17 heavy (non-hydrogen) atoms. The highest BCUT2D eigenvalue weighted by atomic mass is 16.1. The van der Waals surface area contributed by atoms with Crippen LogP contribution in [0.2, 0.25) is 0 Å². The standard InChI is InChI=1S/C12H18N2O2.HO/c1-11(2)4-10(14-9-16)5-12(3,6-11)7-13-8-15;/h10H,4-7H2,1-3H3;1H. The zero-order chi connectivity index (χ0) is 12.2. The molecule has 0 aromatic heterocycles. The van der Waals surface area contributed by atoms with Gasteiger partial charge in [-0.1, -0.05) is 20.8 Å². The van der Waals surface area contributed by atoms with Crippen molar-refractivity contribution in [3.63, 3.8) is 0 Å². The summed E-state index contributed by atoms with van der Waals surface area (Å²) >= 11 is 0. The van der Waals surface area contributed by atoms with Crippen molar-refractivity contribution in [3.05, 3.63) is 0 Å². The van der Waals surface area contributed by atoms with Gasteiger partial charge in [-0.3, -0.25) is 5.48 Å². The van der Waals surface area contributed by atoms with E-state index in [-0.39, 0.29) is 22.3 Å². The maximum atomic E-state index is 10.3. The zero-order valence-electron chi connectivity index (χ0n) is 10.6. The molecule has 1 N–H and O–H groups in total. The average Bonchev–Trinajstić information content (AvgIpc) is 2.12. The Balaban J connectivity index is 0.00000256. The largest absolute Gasteiger partial charge is 0.255 e. The van der Waals surface area contributed by atoms with E-state index in [1.54, 1.807) is 12.2 Å². The van der Waals surface area contributed by atoms with Crippen molar-refractivity contribution in [2.75, 3.05) is 6.54 Å². The van der Waals surface area contributed by atoms with Crippen molar-refractivity contribution >= 4 is 12.2 Å². The summed E-state index contributed by atoms with van der Waals surface area (Å²) in [7, 11) is 0. The van der Waals surface area contributed by atoms with Gasteiger partial charge in [-0.25, -0.2) is 19.6 Å². The molecule has 1 aliphatic rings. The Morgan fingerprint density at radius 3 is 2.35 bits per heavy atom. The summed E-state index contributed by atoms with van der Waals surface area (Å²) < 4.78 is 0. The fourth-order valence-corrected chi connectivity index (χ4v) is 3.09. The van der Waals surface area contributed by atoms with E-state index in [0.29, 0.717) is 6.54 Å². The number of nitrogens with zero attached hydrogens (tertiary/aromatic N) is 2. The number of hydrogen-bond acceptors (Lipinski definition) is 4. The normalized spacial score (nSPS) is 30.4. The third-order valence-corrected chi connectivity index (χ3v) is 3.18. The molecule has 2 unspecified atom stereocenters. The van der Waals surface area contributed by atoms with Crippen molar-refractivity contribution in [2.24, 2.45) is 20.8 Å². The highest BCUT2D eigenvalue weighted by Gasteiger charge is 2.41. The molecule has 1 radical (unpaired) electrons. The van der Waals surface area contributed by atoms with E-state index in [4.69, 9.17) is 0 Å². The van der Waals surface area contributed by atoms with Crippen LogP contribution in [0.3, 0.4) is 0 Å². The fourth-order valence-electron chi connectivity index (χ4n) is 3.09. The second kappa shape index (κ2) is 5.87. The molecule has 0 aliphatic heterocycles. The molecule has 0 spiro atoms. The van der Waals surface area contributed by atoms with Gasteiger partial charge in [-0.15, -0.1) is 0 Å². The SMILES string of the molecule is CC1(C)CC(N=C=O)CC(C)(CN=C=O)C1.[OH]. The van der Waals surface area contributed by atoms with E-state index in [1.165, 1.54) is 0 Å². The average molecular weight is 239 g/mol. The van der Waals surface area contributed by atoms with Gasteiger partial charge in [0, 0.05) is 0 Å². The molecule has 0 amide bonds. The molecule has 5 nitrogen and oxygen atoms in total. The lowest BCUT2D eigenvalue weighted by atomic mass is 9.63. The van der Waals surface area contributed by atoms with Gasteiger partial charge in [0.25, 0.3) is 0 Å². The molecule has 1 saturated carbocycles. The van der Waals surface area contributed by atoms with Crippen LogP contribution in [0.15, 0.2) is 9.98 Å². The van der Waals surface area contributed by atoms with Gasteiger partial charge < -0.3 is 0 Å². The molecule has 1 aliphatic carbocycles. The van der Waals surface area contributed by atoms with Crippen LogP contribution >= 0.6 is 0 Å². The van der Waals surface area contributed by atoms with Crippen molar-refractivity contribution in [1.82, 2.24) is 0 Å². The molecule has 5 heteroatoms. The van der Waals surface area contributed by atoms with E-state index in [9.17, 15) is 9.59 Å². The summed E-state index contributed by atoms with van der Waals surface area (Å²) in [5, 5.41) is 0. The highest BCUT2D eigenvalue weighted by Crippen LogP contribution is 2.47. The van der Waals surface area contributed by atoms with E-state index in [1.807, 2.05) is 0 Å². The maximum absolute atomic E-state index is 10.3. The molecule has 0 bridgehead atoms. The van der Waals surface area contributed by atoms with Crippen LogP contribution in [-0.2, 0) is 9.59 Å². The van der Waals surface area contributed by atoms with E-state index in [2.05, 4.69) is 30.8 Å². The quantitative estimate of drug-likeness (QED) is 0.603. The van der Waals surface area contributed by atoms with Crippen molar-refractivity contribution in [3.8, 4) is 0 Å². The van der Waals surface area contributed by atoms with Crippen molar-refractivity contribution in [1.29, 1.82) is 0 Å². The van der Waals surface area contributed by atoms with Crippen LogP contribution in [0.1, 0.15) is 40.0 Å².